The van der Waals surface area contributed by atoms with Gasteiger partial charge in [0.2, 0.25) is 0 Å². The number of aromatic nitrogens is 2. The van der Waals surface area contributed by atoms with Gasteiger partial charge in [0.05, 0.1) is 14.2 Å². The Labute approximate surface area is 108 Å². The van der Waals surface area contributed by atoms with Crippen LogP contribution in [0.2, 0.25) is 5.15 Å². The summed E-state index contributed by atoms with van der Waals surface area (Å²) in [7, 11) is 3.02. The number of methoxy groups -OCH3 is 2. The predicted octanol–water partition coefficient (Wildman–Crippen LogP) is 2.95. The minimum atomic E-state index is -0.678. The summed E-state index contributed by atoms with van der Waals surface area (Å²) in [6.07, 6.45) is 1.20. The highest BCUT2D eigenvalue weighted by molar-refractivity contribution is 6.29. The molecule has 0 fully saturated rings. The van der Waals surface area contributed by atoms with Crippen molar-refractivity contribution in [1.29, 1.82) is 0 Å². The molecule has 4 nitrogen and oxygen atoms in total. The molecule has 94 valence electrons. The molecule has 0 aliphatic rings. The van der Waals surface area contributed by atoms with E-state index in [9.17, 15) is 4.39 Å². The van der Waals surface area contributed by atoms with E-state index in [4.69, 9.17) is 21.1 Å². The third kappa shape index (κ3) is 2.22. The molecule has 0 saturated carbocycles. The molecule has 18 heavy (non-hydrogen) atoms. The van der Waals surface area contributed by atoms with E-state index in [-0.39, 0.29) is 10.8 Å². The Hall–Kier alpha value is -1.88. The van der Waals surface area contributed by atoms with Crippen LogP contribution in [0.1, 0.15) is 0 Å². The third-order valence-electron chi connectivity index (χ3n) is 2.41. The fourth-order valence-electron chi connectivity index (χ4n) is 1.53. The van der Waals surface area contributed by atoms with Crippen molar-refractivity contribution < 1.29 is 13.9 Å². The van der Waals surface area contributed by atoms with Crippen LogP contribution in [0, 0.1) is 5.82 Å². The van der Waals surface area contributed by atoms with Crippen LogP contribution in [0.15, 0.2) is 24.5 Å². The Morgan fingerprint density at radius 2 is 1.94 bits per heavy atom. The standard InChI is InChI=1S/C12H10ClFN2O2/c1-17-7-3-4-8(9(5-7)18-2)11-10(14)12(13)16-6-15-11/h3-6H,1-2H3. The van der Waals surface area contributed by atoms with Crippen LogP contribution < -0.4 is 9.47 Å². The van der Waals surface area contributed by atoms with Gasteiger partial charge in [-0.1, -0.05) is 11.6 Å². The number of benzene rings is 1. The molecule has 0 amide bonds. The quantitative estimate of drug-likeness (QED) is 0.803. The maximum atomic E-state index is 13.8. The van der Waals surface area contributed by atoms with Crippen LogP contribution in [-0.2, 0) is 0 Å². The smallest absolute Gasteiger partial charge is 0.186 e. The Morgan fingerprint density at radius 1 is 1.17 bits per heavy atom. The maximum Gasteiger partial charge on any atom is 0.186 e. The average molecular weight is 269 g/mol. The van der Waals surface area contributed by atoms with Gasteiger partial charge in [-0.15, -0.1) is 0 Å². The highest BCUT2D eigenvalue weighted by Crippen LogP contribution is 2.34. The molecule has 0 aliphatic carbocycles. The zero-order valence-corrected chi connectivity index (χ0v) is 10.5. The summed E-state index contributed by atoms with van der Waals surface area (Å²) >= 11 is 5.63. The minimum absolute atomic E-state index is 0.0921. The molecule has 0 radical (unpaired) electrons. The van der Waals surface area contributed by atoms with Crippen molar-refractivity contribution >= 4 is 11.6 Å². The first-order valence-corrected chi connectivity index (χ1v) is 5.43. The second-order valence-corrected chi connectivity index (χ2v) is 3.75. The average Bonchev–Trinajstić information content (AvgIpc) is 2.41. The van der Waals surface area contributed by atoms with Crippen LogP contribution in [0.25, 0.3) is 11.3 Å². The molecule has 2 rings (SSSR count). The summed E-state index contributed by atoms with van der Waals surface area (Å²) < 4.78 is 24.1. The normalized spacial score (nSPS) is 10.2. The minimum Gasteiger partial charge on any atom is -0.497 e. The maximum absolute atomic E-state index is 13.8. The number of halogens is 2. The van der Waals surface area contributed by atoms with Gasteiger partial charge in [-0.25, -0.2) is 14.4 Å². The van der Waals surface area contributed by atoms with Gasteiger partial charge in [0.25, 0.3) is 0 Å². The van der Waals surface area contributed by atoms with Crippen LogP contribution in [0.5, 0.6) is 11.5 Å². The molecule has 0 N–H and O–H groups in total. The summed E-state index contributed by atoms with van der Waals surface area (Å²) in [5.41, 5.74) is 0.578. The summed E-state index contributed by atoms with van der Waals surface area (Å²) in [5, 5.41) is -0.224. The number of hydrogen-bond donors (Lipinski definition) is 0. The summed E-state index contributed by atoms with van der Waals surface area (Å²) in [5.74, 6) is 0.377. The van der Waals surface area contributed by atoms with E-state index in [1.165, 1.54) is 20.5 Å². The van der Waals surface area contributed by atoms with E-state index < -0.39 is 5.82 Å². The largest absolute Gasteiger partial charge is 0.497 e. The first-order valence-electron chi connectivity index (χ1n) is 5.05. The fourth-order valence-corrected chi connectivity index (χ4v) is 1.66. The zero-order chi connectivity index (χ0) is 13.1. The van der Waals surface area contributed by atoms with Crippen molar-refractivity contribution in [3.63, 3.8) is 0 Å². The molecule has 1 aromatic carbocycles. The Bertz CT molecular complexity index is 578. The van der Waals surface area contributed by atoms with Crippen LogP contribution in [-0.4, -0.2) is 24.2 Å². The molecule has 1 aromatic heterocycles. The van der Waals surface area contributed by atoms with Crippen molar-refractivity contribution in [2.24, 2.45) is 0 Å². The van der Waals surface area contributed by atoms with Gasteiger partial charge in [0.15, 0.2) is 11.0 Å². The Balaban J connectivity index is 2.60. The van der Waals surface area contributed by atoms with Gasteiger partial charge in [-0.05, 0) is 12.1 Å². The van der Waals surface area contributed by atoms with E-state index in [1.54, 1.807) is 18.2 Å². The van der Waals surface area contributed by atoms with Crippen LogP contribution in [0.3, 0.4) is 0 Å². The van der Waals surface area contributed by atoms with Crippen molar-refractivity contribution in [3.8, 4) is 22.8 Å². The molecule has 2 aromatic rings. The van der Waals surface area contributed by atoms with Gasteiger partial charge in [0.1, 0.15) is 23.5 Å². The van der Waals surface area contributed by atoms with Gasteiger partial charge >= 0.3 is 0 Å². The second kappa shape index (κ2) is 5.18. The third-order valence-corrected chi connectivity index (χ3v) is 2.67. The van der Waals surface area contributed by atoms with E-state index in [0.29, 0.717) is 17.1 Å². The van der Waals surface area contributed by atoms with E-state index in [1.807, 2.05) is 0 Å². The van der Waals surface area contributed by atoms with Crippen molar-refractivity contribution in [2.75, 3.05) is 14.2 Å². The number of hydrogen-bond acceptors (Lipinski definition) is 4. The molecular weight excluding hydrogens is 259 g/mol. The summed E-state index contributed by atoms with van der Waals surface area (Å²) in [6.45, 7) is 0. The topological polar surface area (TPSA) is 44.2 Å². The zero-order valence-electron chi connectivity index (χ0n) is 9.78. The highest BCUT2D eigenvalue weighted by atomic mass is 35.5. The lowest BCUT2D eigenvalue weighted by Gasteiger charge is -2.10. The first kappa shape index (κ1) is 12.6. The molecule has 6 heteroatoms. The predicted molar refractivity (Wildman–Crippen MR) is 65.5 cm³/mol. The van der Waals surface area contributed by atoms with Crippen LogP contribution >= 0.6 is 11.6 Å². The van der Waals surface area contributed by atoms with Crippen LogP contribution in [0.4, 0.5) is 4.39 Å². The molecule has 0 bridgehead atoms. The van der Waals surface area contributed by atoms with E-state index in [2.05, 4.69) is 9.97 Å². The van der Waals surface area contributed by atoms with Gasteiger partial charge in [-0.3, -0.25) is 0 Å². The highest BCUT2D eigenvalue weighted by Gasteiger charge is 2.16. The van der Waals surface area contributed by atoms with E-state index >= 15 is 0 Å². The lowest BCUT2D eigenvalue weighted by atomic mass is 10.1. The SMILES string of the molecule is COc1ccc(-c2ncnc(Cl)c2F)c(OC)c1. The fraction of sp³-hybridized carbons (Fsp3) is 0.167. The number of nitrogens with zero attached hydrogens (tertiary/aromatic N) is 2. The van der Waals surface area contributed by atoms with Gasteiger partial charge < -0.3 is 9.47 Å². The van der Waals surface area contributed by atoms with Gasteiger partial charge in [-0.2, -0.15) is 0 Å². The molecule has 0 aliphatic heterocycles. The summed E-state index contributed by atoms with van der Waals surface area (Å²) in [6, 6.07) is 4.98. The summed E-state index contributed by atoms with van der Waals surface area (Å²) in [4.78, 5) is 7.45. The van der Waals surface area contributed by atoms with Crippen molar-refractivity contribution in [1.82, 2.24) is 9.97 Å². The molecule has 0 unspecified atom stereocenters. The molecular formula is C12H10ClFN2O2. The Kier molecular flexibility index (Phi) is 3.62. The molecule has 0 spiro atoms. The molecule has 0 atom stereocenters. The number of ether oxygens (including phenoxy) is 2. The Morgan fingerprint density at radius 3 is 2.61 bits per heavy atom. The van der Waals surface area contributed by atoms with E-state index in [0.717, 1.165) is 0 Å². The molecule has 0 saturated heterocycles. The lowest BCUT2D eigenvalue weighted by molar-refractivity contribution is 0.395. The van der Waals surface area contributed by atoms with Crippen molar-refractivity contribution in [3.05, 3.63) is 35.5 Å². The van der Waals surface area contributed by atoms with Crippen molar-refractivity contribution in [2.45, 2.75) is 0 Å². The monoisotopic (exact) mass is 268 g/mol. The van der Waals surface area contributed by atoms with Gasteiger partial charge in [0, 0.05) is 11.6 Å². The lowest BCUT2D eigenvalue weighted by Crippen LogP contribution is -1.96. The molecule has 1 heterocycles. The second-order valence-electron chi connectivity index (χ2n) is 3.39. The first-order chi connectivity index (χ1) is 8.67. The number of rotatable bonds is 3.